The fourth-order valence-corrected chi connectivity index (χ4v) is 4.57. The van der Waals surface area contributed by atoms with Gasteiger partial charge in [0, 0.05) is 18.2 Å². The standard InChI is InChI=1S/C27H23Cl2NO6/c1-34-19-6-4-5-16(11-19)15-30-26(33)22(31)14-27(30,18-8-10-23(35-2)24(13-18)36-3)25(32)17-7-9-20(28)21(29)12-17/h4-14,31H,15H2,1-3H3. The molecule has 0 fully saturated rings. The molecule has 0 radical (unpaired) electrons. The van der Waals surface area contributed by atoms with E-state index in [9.17, 15) is 14.7 Å². The van der Waals surface area contributed by atoms with Crippen LogP contribution in [0.5, 0.6) is 17.2 Å². The van der Waals surface area contributed by atoms with Gasteiger partial charge in [0.2, 0.25) is 0 Å². The van der Waals surface area contributed by atoms with Crippen LogP contribution in [-0.4, -0.2) is 43.0 Å². The van der Waals surface area contributed by atoms with Gasteiger partial charge in [0.15, 0.2) is 28.6 Å². The van der Waals surface area contributed by atoms with Crippen molar-refractivity contribution >= 4 is 34.9 Å². The molecule has 186 valence electrons. The molecule has 0 aliphatic carbocycles. The molecule has 1 amide bonds. The highest BCUT2D eigenvalue weighted by Gasteiger charge is 2.52. The number of hydrogen-bond donors (Lipinski definition) is 1. The van der Waals surface area contributed by atoms with E-state index in [2.05, 4.69) is 0 Å². The average molecular weight is 528 g/mol. The van der Waals surface area contributed by atoms with Crippen LogP contribution in [0.15, 0.2) is 72.5 Å². The van der Waals surface area contributed by atoms with Crippen molar-refractivity contribution < 1.29 is 28.9 Å². The number of aliphatic hydroxyl groups is 1. The number of aliphatic hydroxyl groups excluding tert-OH is 1. The molecular formula is C27H23Cl2NO6. The van der Waals surface area contributed by atoms with E-state index >= 15 is 0 Å². The summed E-state index contributed by atoms with van der Waals surface area (Å²) in [5.41, 5.74) is -0.441. The van der Waals surface area contributed by atoms with E-state index in [1.165, 1.54) is 50.5 Å². The predicted octanol–water partition coefficient (Wildman–Crippen LogP) is 5.58. The van der Waals surface area contributed by atoms with Gasteiger partial charge in [-0.05, 0) is 53.6 Å². The second kappa shape index (κ2) is 10.1. The van der Waals surface area contributed by atoms with Gasteiger partial charge in [0.05, 0.1) is 31.4 Å². The van der Waals surface area contributed by atoms with Crippen LogP contribution in [0.4, 0.5) is 0 Å². The zero-order chi connectivity index (χ0) is 26.0. The molecule has 1 unspecified atom stereocenters. The van der Waals surface area contributed by atoms with Gasteiger partial charge in [0.1, 0.15) is 5.75 Å². The first-order valence-corrected chi connectivity index (χ1v) is 11.6. The second-order valence-corrected chi connectivity index (χ2v) is 8.88. The third kappa shape index (κ3) is 4.36. The van der Waals surface area contributed by atoms with Crippen LogP contribution < -0.4 is 14.2 Å². The fraction of sp³-hybridized carbons (Fsp3) is 0.185. The molecule has 0 spiro atoms. The Labute approximate surface area is 218 Å². The number of methoxy groups -OCH3 is 3. The SMILES string of the molecule is COc1cccc(CN2C(=O)C(O)=CC2(C(=O)c2ccc(Cl)c(Cl)c2)c2ccc(OC)c(OC)c2)c1. The van der Waals surface area contributed by atoms with E-state index in [0.29, 0.717) is 28.4 Å². The minimum Gasteiger partial charge on any atom is -0.503 e. The molecule has 1 atom stereocenters. The highest BCUT2D eigenvalue weighted by molar-refractivity contribution is 6.42. The molecule has 3 aromatic rings. The number of ether oxygens (including phenoxy) is 3. The summed E-state index contributed by atoms with van der Waals surface area (Å²) in [6.45, 7) is -0.00198. The number of halogens is 2. The number of amides is 1. The maximum absolute atomic E-state index is 14.3. The Balaban J connectivity index is 1.95. The lowest BCUT2D eigenvalue weighted by molar-refractivity contribution is -0.131. The molecule has 1 heterocycles. The van der Waals surface area contributed by atoms with Crippen molar-refractivity contribution in [2.24, 2.45) is 0 Å². The first kappa shape index (κ1) is 25.4. The van der Waals surface area contributed by atoms with Crippen molar-refractivity contribution in [1.82, 2.24) is 4.90 Å². The van der Waals surface area contributed by atoms with Crippen molar-refractivity contribution in [3.63, 3.8) is 0 Å². The summed E-state index contributed by atoms with van der Waals surface area (Å²) in [5, 5.41) is 11.1. The summed E-state index contributed by atoms with van der Waals surface area (Å²) < 4.78 is 16.1. The summed E-state index contributed by atoms with van der Waals surface area (Å²) >= 11 is 12.3. The second-order valence-electron chi connectivity index (χ2n) is 8.07. The number of nitrogens with zero attached hydrogens (tertiary/aromatic N) is 1. The van der Waals surface area contributed by atoms with Crippen LogP contribution in [0.1, 0.15) is 21.5 Å². The maximum Gasteiger partial charge on any atom is 0.290 e. The Morgan fingerprint density at radius 3 is 2.33 bits per heavy atom. The third-order valence-corrected chi connectivity index (χ3v) is 6.80. The highest BCUT2D eigenvalue weighted by atomic mass is 35.5. The molecule has 0 bridgehead atoms. The van der Waals surface area contributed by atoms with Crippen molar-refractivity contribution in [3.05, 3.63) is 99.2 Å². The zero-order valence-electron chi connectivity index (χ0n) is 19.7. The van der Waals surface area contributed by atoms with Crippen LogP contribution in [-0.2, 0) is 16.9 Å². The summed E-state index contributed by atoms with van der Waals surface area (Å²) in [6, 6.07) is 16.5. The molecule has 1 N–H and O–H groups in total. The summed E-state index contributed by atoms with van der Waals surface area (Å²) in [6.07, 6.45) is 1.25. The van der Waals surface area contributed by atoms with E-state index < -0.39 is 23.0 Å². The Kier molecular flexibility index (Phi) is 7.15. The summed E-state index contributed by atoms with van der Waals surface area (Å²) in [5.74, 6) is -0.375. The smallest absolute Gasteiger partial charge is 0.290 e. The van der Waals surface area contributed by atoms with E-state index in [1.807, 2.05) is 0 Å². The van der Waals surface area contributed by atoms with Gasteiger partial charge in [0.25, 0.3) is 5.91 Å². The topological polar surface area (TPSA) is 85.3 Å². The van der Waals surface area contributed by atoms with Gasteiger partial charge >= 0.3 is 0 Å². The molecule has 36 heavy (non-hydrogen) atoms. The Bertz CT molecular complexity index is 1370. The Hall–Kier alpha value is -3.68. The average Bonchev–Trinajstić information content (AvgIpc) is 3.15. The van der Waals surface area contributed by atoms with Crippen LogP contribution in [0.25, 0.3) is 0 Å². The molecule has 1 aliphatic rings. The van der Waals surface area contributed by atoms with Crippen LogP contribution in [0.2, 0.25) is 10.0 Å². The number of Topliss-reactive ketones (excluding diaryl/α,β-unsaturated/α-hetero) is 1. The lowest BCUT2D eigenvalue weighted by atomic mass is 9.81. The van der Waals surface area contributed by atoms with Crippen molar-refractivity contribution in [3.8, 4) is 17.2 Å². The van der Waals surface area contributed by atoms with E-state index in [0.717, 1.165) is 0 Å². The maximum atomic E-state index is 14.3. The Morgan fingerprint density at radius 2 is 1.67 bits per heavy atom. The minimum absolute atomic E-state index is 0.00198. The van der Waals surface area contributed by atoms with E-state index in [-0.39, 0.29) is 22.2 Å². The molecule has 0 saturated heterocycles. The van der Waals surface area contributed by atoms with Crippen LogP contribution in [0.3, 0.4) is 0 Å². The zero-order valence-corrected chi connectivity index (χ0v) is 21.3. The lowest BCUT2D eigenvalue weighted by Gasteiger charge is -2.37. The first-order chi connectivity index (χ1) is 17.2. The van der Waals surface area contributed by atoms with Gasteiger partial charge in [-0.3, -0.25) is 9.59 Å². The molecule has 0 aromatic heterocycles. The van der Waals surface area contributed by atoms with E-state index in [1.54, 1.807) is 42.5 Å². The molecule has 7 nitrogen and oxygen atoms in total. The van der Waals surface area contributed by atoms with Crippen molar-refractivity contribution in [2.75, 3.05) is 21.3 Å². The number of benzene rings is 3. The summed E-state index contributed by atoms with van der Waals surface area (Å²) in [4.78, 5) is 28.9. The molecular weight excluding hydrogens is 505 g/mol. The summed E-state index contributed by atoms with van der Waals surface area (Å²) in [7, 11) is 4.50. The minimum atomic E-state index is -1.72. The van der Waals surface area contributed by atoms with Crippen molar-refractivity contribution in [1.29, 1.82) is 0 Å². The van der Waals surface area contributed by atoms with Gasteiger partial charge in [-0.25, -0.2) is 0 Å². The molecule has 0 saturated carbocycles. The molecule has 4 rings (SSSR count). The van der Waals surface area contributed by atoms with Crippen molar-refractivity contribution in [2.45, 2.75) is 12.1 Å². The van der Waals surface area contributed by atoms with Gasteiger partial charge < -0.3 is 24.2 Å². The highest BCUT2D eigenvalue weighted by Crippen LogP contribution is 2.44. The number of carbonyl (C=O) groups is 2. The largest absolute Gasteiger partial charge is 0.503 e. The Morgan fingerprint density at radius 1 is 0.917 bits per heavy atom. The molecule has 1 aliphatic heterocycles. The normalized spacial score (nSPS) is 17.1. The molecule has 3 aromatic carbocycles. The predicted molar refractivity (Wildman–Crippen MR) is 136 cm³/mol. The number of carbonyl (C=O) groups excluding carboxylic acids is 2. The number of rotatable bonds is 8. The lowest BCUT2D eigenvalue weighted by Crippen LogP contribution is -2.49. The van der Waals surface area contributed by atoms with Gasteiger partial charge in [-0.15, -0.1) is 0 Å². The quantitative estimate of drug-likeness (QED) is 0.384. The van der Waals surface area contributed by atoms with Gasteiger partial charge in [-0.2, -0.15) is 0 Å². The van der Waals surface area contributed by atoms with E-state index in [4.69, 9.17) is 37.4 Å². The third-order valence-electron chi connectivity index (χ3n) is 6.06. The monoisotopic (exact) mass is 527 g/mol. The van der Waals surface area contributed by atoms with Gasteiger partial charge in [-0.1, -0.05) is 41.4 Å². The van der Waals surface area contributed by atoms with Crippen LogP contribution in [0, 0.1) is 0 Å². The fourth-order valence-electron chi connectivity index (χ4n) is 4.27. The molecule has 9 heteroatoms. The van der Waals surface area contributed by atoms with Crippen LogP contribution >= 0.6 is 23.2 Å². The number of hydrogen-bond acceptors (Lipinski definition) is 6. The first-order valence-electron chi connectivity index (χ1n) is 10.8. The number of ketones is 1.